The maximum Gasteiger partial charge on any atom is 0.410 e. The molecule has 8 nitrogen and oxygen atoms in total. The molecule has 1 aliphatic rings. The normalized spacial score (nSPS) is 14.2. The van der Waals surface area contributed by atoms with Crippen molar-refractivity contribution in [1.82, 2.24) is 14.9 Å². The summed E-state index contributed by atoms with van der Waals surface area (Å²) in [5.74, 6) is -0.205. The highest BCUT2D eigenvalue weighted by Gasteiger charge is 2.35. The number of amides is 2. The van der Waals surface area contributed by atoms with E-state index in [2.05, 4.69) is 15.3 Å². The lowest BCUT2D eigenvalue weighted by Gasteiger charge is -2.39. The number of carbonyl (C=O) groups excluding carboxylic acids is 2. The zero-order chi connectivity index (χ0) is 21.2. The van der Waals surface area contributed by atoms with Crippen LogP contribution in [0.1, 0.15) is 31.1 Å². The number of anilines is 1. The molecular formula is C19H20Cl2N4O4. The quantitative estimate of drug-likeness (QED) is 0.723. The number of pyridine rings is 2. The molecule has 2 amide bonds. The fraction of sp³-hybridized carbons (Fsp3) is 0.368. The summed E-state index contributed by atoms with van der Waals surface area (Å²) in [5.41, 5.74) is 0.0791. The molecule has 154 valence electrons. The van der Waals surface area contributed by atoms with E-state index in [4.69, 9.17) is 32.7 Å². The molecule has 3 rings (SSSR count). The molecule has 1 fully saturated rings. The number of rotatable bonds is 4. The van der Waals surface area contributed by atoms with Crippen LogP contribution in [-0.4, -0.2) is 51.7 Å². The highest BCUT2D eigenvalue weighted by molar-refractivity contribution is 6.31. The second-order valence-electron chi connectivity index (χ2n) is 7.45. The van der Waals surface area contributed by atoms with E-state index < -0.39 is 17.6 Å². The monoisotopic (exact) mass is 438 g/mol. The van der Waals surface area contributed by atoms with Gasteiger partial charge in [0, 0.05) is 18.0 Å². The molecule has 3 heterocycles. The summed E-state index contributed by atoms with van der Waals surface area (Å²) in [6, 6.07) is 4.51. The number of nitrogens with zero attached hydrogens (tertiary/aromatic N) is 3. The van der Waals surface area contributed by atoms with Gasteiger partial charge in [-0.2, -0.15) is 0 Å². The molecule has 0 radical (unpaired) electrons. The maximum atomic E-state index is 12.5. The van der Waals surface area contributed by atoms with Gasteiger partial charge >= 0.3 is 6.09 Å². The standard InChI is InChI=1S/C19H20Cl2N4O4/c1-19(2,3)29-18(27)25-9-13(10-25)28-17-14(7-12(20)8-23-17)24-16(26)11-4-5-22-15(21)6-11/h4-8,13H,9-10H2,1-3H3,(H,24,26). The first-order chi connectivity index (χ1) is 13.6. The fourth-order valence-corrected chi connectivity index (χ4v) is 2.83. The van der Waals surface area contributed by atoms with Crippen LogP contribution in [0.3, 0.4) is 0 Å². The molecule has 2 aromatic heterocycles. The molecule has 0 atom stereocenters. The van der Waals surface area contributed by atoms with Crippen LogP contribution in [0.25, 0.3) is 0 Å². The lowest BCUT2D eigenvalue weighted by atomic mass is 10.1. The Morgan fingerprint density at radius 3 is 2.59 bits per heavy atom. The first kappa shape index (κ1) is 21.1. The molecule has 29 heavy (non-hydrogen) atoms. The summed E-state index contributed by atoms with van der Waals surface area (Å²) in [5, 5.41) is 3.25. The van der Waals surface area contributed by atoms with Crippen molar-refractivity contribution in [2.24, 2.45) is 0 Å². The van der Waals surface area contributed by atoms with Crippen LogP contribution >= 0.6 is 23.2 Å². The van der Waals surface area contributed by atoms with Crippen LogP contribution in [0.2, 0.25) is 10.2 Å². The van der Waals surface area contributed by atoms with Crippen LogP contribution in [0, 0.1) is 0 Å². The second kappa shape index (κ2) is 8.42. The molecule has 0 spiro atoms. The van der Waals surface area contributed by atoms with Crippen LogP contribution in [-0.2, 0) is 4.74 Å². The van der Waals surface area contributed by atoms with Gasteiger partial charge in [-0.1, -0.05) is 23.2 Å². The number of nitrogens with one attached hydrogen (secondary N) is 1. The smallest absolute Gasteiger partial charge is 0.410 e. The van der Waals surface area contributed by atoms with Crippen LogP contribution < -0.4 is 10.1 Å². The molecule has 2 aromatic rings. The topological polar surface area (TPSA) is 93.6 Å². The van der Waals surface area contributed by atoms with Crippen molar-refractivity contribution in [3.63, 3.8) is 0 Å². The van der Waals surface area contributed by atoms with E-state index in [0.717, 1.165) is 0 Å². The number of hydrogen-bond acceptors (Lipinski definition) is 6. The van der Waals surface area contributed by atoms with E-state index in [-0.39, 0.29) is 17.1 Å². The van der Waals surface area contributed by atoms with Gasteiger partial charge in [0.25, 0.3) is 5.91 Å². The Labute approximate surface area is 178 Å². The van der Waals surface area contributed by atoms with Gasteiger partial charge in [0.15, 0.2) is 0 Å². The van der Waals surface area contributed by atoms with Gasteiger partial charge < -0.3 is 19.7 Å². The van der Waals surface area contributed by atoms with Gasteiger partial charge in [-0.05, 0) is 39.0 Å². The number of hydrogen-bond donors (Lipinski definition) is 1. The van der Waals surface area contributed by atoms with Crippen molar-refractivity contribution >= 4 is 40.9 Å². The average molecular weight is 439 g/mol. The Kier molecular flexibility index (Phi) is 6.14. The molecule has 0 saturated carbocycles. The third kappa shape index (κ3) is 5.71. The third-order valence-electron chi connectivity index (χ3n) is 3.83. The minimum atomic E-state index is -0.561. The van der Waals surface area contributed by atoms with Crippen molar-refractivity contribution in [3.05, 3.63) is 46.3 Å². The number of aromatic nitrogens is 2. The first-order valence-corrected chi connectivity index (χ1v) is 9.59. The number of halogens is 2. The molecule has 0 bridgehead atoms. The predicted molar refractivity (Wildman–Crippen MR) is 109 cm³/mol. The van der Waals surface area contributed by atoms with E-state index in [1.165, 1.54) is 35.5 Å². The van der Waals surface area contributed by atoms with Gasteiger partial charge in [-0.3, -0.25) is 4.79 Å². The maximum absolute atomic E-state index is 12.5. The van der Waals surface area contributed by atoms with E-state index >= 15 is 0 Å². The van der Waals surface area contributed by atoms with Crippen molar-refractivity contribution < 1.29 is 19.1 Å². The SMILES string of the molecule is CC(C)(C)OC(=O)N1CC(Oc2ncc(Cl)cc2NC(=O)c2ccnc(Cl)c2)C1. The Morgan fingerprint density at radius 2 is 1.93 bits per heavy atom. The number of ether oxygens (including phenoxy) is 2. The lowest BCUT2D eigenvalue weighted by Crippen LogP contribution is -2.57. The Hall–Kier alpha value is -2.58. The van der Waals surface area contributed by atoms with Crippen LogP contribution in [0.4, 0.5) is 10.5 Å². The Morgan fingerprint density at radius 1 is 1.21 bits per heavy atom. The van der Waals surface area contributed by atoms with Crippen molar-refractivity contribution in [1.29, 1.82) is 0 Å². The zero-order valence-electron chi connectivity index (χ0n) is 16.1. The summed E-state index contributed by atoms with van der Waals surface area (Å²) in [6.07, 6.45) is 2.18. The second-order valence-corrected chi connectivity index (χ2v) is 8.28. The van der Waals surface area contributed by atoms with Crippen molar-refractivity contribution in [3.8, 4) is 5.88 Å². The molecule has 0 aliphatic carbocycles. The van der Waals surface area contributed by atoms with Gasteiger partial charge in [0.05, 0.1) is 18.1 Å². The van der Waals surface area contributed by atoms with E-state index in [0.29, 0.717) is 29.4 Å². The summed E-state index contributed by atoms with van der Waals surface area (Å²) in [7, 11) is 0. The van der Waals surface area contributed by atoms with Crippen molar-refractivity contribution in [2.45, 2.75) is 32.5 Å². The van der Waals surface area contributed by atoms with Gasteiger partial charge in [0.1, 0.15) is 22.5 Å². The van der Waals surface area contributed by atoms with Gasteiger partial charge in [-0.25, -0.2) is 14.8 Å². The summed E-state index contributed by atoms with van der Waals surface area (Å²) in [6.45, 7) is 6.13. The van der Waals surface area contributed by atoms with E-state index in [9.17, 15) is 9.59 Å². The molecule has 0 unspecified atom stereocenters. The molecule has 1 N–H and O–H groups in total. The average Bonchev–Trinajstić information content (AvgIpc) is 2.57. The van der Waals surface area contributed by atoms with E-state index in [1.807, 2.05) is 0 Å². The minimum Gasteiger partial charge on any atom is -0.469 e. The lowest BCUT2D eigenvalue weighted by molar-refractivity contribution is -0.0230. The Balaban J connectivity index is 1.64. The fourth-order valence-electron chi connectivity index (χ4n) is 2.49. The molecule has 10 heteroatoms. The number of likely N-dealkylation sites (tertiary alicyclic amines) is 1. The third-order valence-corrected chi connectivity index (χ3v) is 4.25. The molecular weight excluding hydrogens is 419 g/mol. The zero-order valence-corrected chi connectivity index (χ0v) is 17.6. The van der Waals surface area contributed by atoms with Crippen molar-refractivity contribution in [2.75, 3.05) is 18.4 Å². The van der Waals surface area contributed by atoms with Crippen LogP contribution in [0.5, 0.6) is 5.88 Å². The first-order valence-electron chi connectivity index (χ1n) is 8.84. The minimum absolute atomic E-state index is 0.204. The summed E-state index contributed by atoms with van der Waals surface area (Å²) in [4.78, 5) is 34.0. The molecule has 0 aromatic carbocycles. The molecule has 1 saturated heterocycles. The highest BCUT2D eigenvalue weighted by Crippen LogP contribution is 2.28. The summed E-state index contributed by atoms with van der Waals surface area (Å²) < 4.78 is 11.2. The van der Waals surface area contributed by atoms with Crippen LogP contribution in [0.15, 0.2) is 30.6 Å². The number of carbonyl (C=O) groups is 2. The largest absolute Gasteiger partial charge is 0.469 e. The Bertz CT molecular complexity index is 927. The van der Waals surface area contributed by atoms with E-state index in [1.54, 1.807) is 20.8 Å². The highest BCUT2D eigenvalue weighted by atomic mass is 35.5. The molecule has 1 aliphatic heterocycles. The summed E-state index contributed by atoms with van der Waals surface area (Å²) >= 11 is 11.8. The van der Waals surface area contributed by atoms with Gasteiger partial charge in [-0.15, -0.1) is 0 Å². The predicted octanol–water partition coefficient (Wildman–Crippen LogP) is 4.03. The van der Waals surface area contributed by atoms with Gasteiger partial charge in [0.2, 0.25) is 5.88 Å².